The Kier molecular flexibility index (Phi) is 5.89. The lowest BCUT2D eigenvalue weighted by Crippen LogP contribution is -2.62. The van der Waals surface area contributed by atoms with Crippen molar-refractivity contribution in [1.82, 2.24) is 4.98 Å². The molecule has 2 aromatic carbocycles. The second kappa shape index (κ2) is 8.89. The monoisotopic (exact) mass is 585 g/mol. The topological polar surface area (TPSA) is 93.5 Å². The first-order chi connectivity index (χ1) is 20.1. The number of aromatic nitrogens is 1. The van der Waals surface area contributed by atoms with Crippen LogP contribution >= 0.6 is 0 Å². The largest absolute Gasteiger partial charge is 0.504 e. The van der Waals surface area contributed by atoms with E-state index in [0.717, 1.165) is 59.7 Å². The molecule has 3 aromatic rings. The van der Waals surface area contributed by atoms with Gasteiger partial charge in [-0.1, -0.05) is 46.3 Å². The summed E-state index contributed by atoms with van der Waals surface area (Å²) in [5, 5.41) is 33.0. The molecule has 43 heavy (non-hydrogen) atoms. The first kappa shape index (κ1) is 28.5. The molecule has 1 heterocycles. The number of aromatic hydroxyl groups is 2. The smallest absolute Gasteiger partial charge is 0.306 e. The van der Waals surface area contributed by atoms with Gasteiger partial charge in [0, 0.05) is 28.4 Å². The summed E-state index contributed by atoms with van der Waals surface area (Å²) in [7, 11) is 0. The molecule has 0 spiro atoms. The molecule has 0 bridgehead atoms. The second-order valence-electron chi connectivity index (χ2n) is 15.5. The molecule has 228 valence electrons. The summed E-state index contributed by atoms with van der Waals surface area (Å²) in [5.41, 5.74) is 5.31. The molecule has 8 atom stereocenters. The molecule has 0 radical (unpaired) electrons. The third kappa shape index (κ3) is 3.58. The van der Waals surface area contributed by atoms with Gasteiger partial charge in [-0.25, -0.2) is 4.39 Å². The average Bonchev–Trinajstić information content (AvgIpc) is 3.35. The Balaban J connectivity index is 1.45. The number of hydrogen-bond acceptors (Lipinski definition) is 3. The van der Waals surface area contributed by atoms with E-state index >= 15 is 0 Å². The van der Waals surface area contributed by atoms with Gasteiger partial charge in [-0.3, -0.25) is 4.79 Å². The number of hydrogen-bond donors (Lipinski definition) is 4. The number of fused-ring (bicyclic) bond motifs is 8. The van der Waals surface area contributed by atoms with Crippen LogP contribution in [0.15, 0.2) is 42.1 Å². The fourth-order valence-electron chi connectivity index (χ4n) is 11.0. The van der Waals surface area contributed by atoms with E-state index in [-0.39, 0.29) is 62.6 Å². The average molecular weight is 586 g/mol. The maximum absolute atomic E-state index is 14.2. The van der Waals surface area contributed by atoms with Gasteiger partial charge in [0.1, 0.15) is 5.82 Å². The molecule has 0 aliphatic heterocycles. The number of aromatic amines is 1. The highest BCUT2D eigenvalue weighted by atomic mass is 19.1. The molecule has 3 fully saturated rings. The molecule has 4 aliphatic carbocycles. The maximum atomic E-state index is 14.2. The summed E-state index contributed by atoms with van der Waals surface area (Å²) in [5.74, 6) is -1.23. The van der Waals surface area contributed by atoms with Crippen LogP contribution in [-0.2, 0) is 10.2 Å². The van der Waals surface area contributed by atoms with Gasteiger partial charge in [-0.15, -0.1) is 0 Å². The van der Waals surface area contributed by atoms with Gasteiger partial charge in [-0.05, 0) is 120 Å². The van der Waals surface area contributed by atoms with E-state index in [1.54, 1.807) is 6.07 Å². The summed E-state index contributed by atoms with van der Waals surface area (Å²) in [6.45, 7) is 13.6. The Morgan fingerprint density at radius 2 is 1.79 bits per heavy atom. The lowest BCUT2D eigenvalue weighted by Gasteiger charge is -2.70. The zero-order valence-electron chi connectivity index (χ0n) is 26.1. The second-order valence-corrected chi connectivity index (χ2v) is 15.5. The van der Waals surface area contributed by atoms with Crippen LogP contribution in [0.25, 0.3) is 10.9 Å². The number of rotatable bonds is 2. The molecule has 5 nitrogen and oxygen atoms in total. The Bertz CT molecular complexity index is 1720. The predicted octanol–water partition coefficient (Wildman–Crippen LogP) is 8.71. The SMILES string of the molecule is Cc1c(O)c(O)cc2c1C(c1c[nH]c3cc(F)ccc13)C=C1[C@@]2(C)CC[C@@]2(C)[C@@H]3CC(C(=O)O)[C@@H](C)C[C@]3(C)CC[C@]12C. The van der Waals surface area contributed by atoms with Gasteiger partial charge in [-0.2, -0.15) is 0 Å². The van der Waals surface area contributed by atoms with Crippen LogP contribution in [0.4, 0.5) is 4.39 Å². The highest BCUT2D eigenvalue weighted by molar-refractivity contribution is 5.85. The van der Waals surface area contributed by atoms with Gasteiger partial charge in [0.2, 0.25) is 0 Å². The van der Waals surface area contributed by atoms with Gasteiger partial charge in [0.15, 0.2) is 11.5 Å². The maximum Gasteiger partial charge on any atom is 0.306 e. The molecule has 2 unspecified atom stereocenters. The fraction of sp³-hybridized carbons (Fsp3) is 0.541. The first-order valence-corrected chi connectivity index (χ1v) is 15.9. The lowest BCUT2D eigenvalue weighted by molar-refractivity contribution is -0.171. The number of carboxylic acid groups (broad SMARTS) is 1. The van der Waals surface area contributed by atoms with Gasteiger partial charge in [0.05, 0.1) is 5.92 Å². The number of H-pyrrole nitrogens is 1. The Hall–Kier alpha value is -3.28. The lowest BCUT2D eigenvalue weighted by atomic mass is 9.34. The van der Waals surface area contributed by atoms with Gasteiger partial charge >= 0.3 is 5.97 Å². The van der Waals surface area contributed by atoms with Crippen LogP contribution in [0.5, 0.6) is 11.5 Å². The summed E-state index contributed by atoms with van der Waals surface area (Å²) in [4.78, 5) is 15.7. The molecule has 4 N–H and O–H groups in total. The molecular weight excluding hydrogens is 541 g/mol. The molecule has 0 saturated heterocycles. The van der Waals surface area contributed by atoms with Crippen molar-refractivity contribution in [2.45, 2.75) is 91.4 Å². The summed E-state index contributed by atoms with van der Waals surface area (Å²) in [6, 6.07) is 6.62. The van der Waals surface area contributed by atoms with Gasteiger partial charge < -0.3 is 20.3 Å². The van der Waals surface area contributed by atoms with Crippen molar-refractivity contribution in [2.24, 2.45) is 34.0 Å². The van der Waals surface area contributed by atoms with Crippen molar-refractivity contribution in [3.8, 4) is 11.5 Å². The highest BCUT2D eigenvalue weighted by Gasteiger charge is 2.67. The number of halogens is 1. The number of allylic oxidation sites excluding steroid dienone is 2. The third-order valence-corrected chi connectivity index (χ3v) is 13.5. The summed E-state index contributed by atoms with van der Waals surface area (Å²) in [6.07, 6.45) is 9.97. The Morgan fingerprint density at radius 1 is 1.05 bits per heavy atom. The highest BCUT2D eigenvalue weighted by Crippen LogP contribution is 2.75. The molecule has 7 rings (SSSR count). The minimum atomic E-state index is -0.668. The van der Waals surface area contributed by atoms with E-state index in [9.17, 15) is 24.5 Å². The predicted molar refractivity (Wildman–Crippen MR) is 166 cm³/mol. The number of phenols is 2. The third-order valence-electron chi connectivity index (χ3n) is 13.5. The number of phenolic OH excluding ortho intramolecular Hbond substituents is 2. The Morgan fingerprint density at radius 3 is 2.51 bits per heavy atom. The van der Waals surface area contributed by atoms with Crippen molar-refractivity contribution in [1.29, 1.82) is 0 Å². The van der Waals surface area contributed by atoms with E-state index < -0.39 is 5.97 Å². The molecular formula is C37H44FNO4. The van der Waals surface area contributed by atoms with E-state index in [1.807, 2.05) is 19.2 Å². The van der Waals surface area contributed by atoms with Crippen molar-refractivity contribution in [3.05, 3.63) is 70.2 Å². The standard InChI is InChI=1S/C37H44FNO4/c1-19-17-34(3)9-11-37(6)30-15-24(25-18-39-27-13-21(38)7-8-22(25)27)31-20(2)32(41)28(40)16-26(31)35(30,4)10-12-36(37,5)29(34)14-23(19)33(42)43/h7-8,13,15-16,18-19,23-24,29,39-41H,9-12,14,17H2,1-6H3,(H,42,43)/t19-,23?,24?,29+,34-,35-,36-,37+/m0/s1. The minimum absolute atomic E-state index is 0.0913. The van der Waals surface area contributed by atoms with E-state index in [1.165, 1.54) is 17.7 Å². The summed E-state index contributed by atoms with van der Waals surface area (Å²) < 4.78 is 14.2. The zero-order chi connectivity index (χ0) is 30.9. The summed E-state index contributed by atoms with van der Waals surface area (Å²) >= 11 is 0. The molecule has 0 amide bonds. The van der Waals surface area contributed by atoms with Crippen LogP contribution in [0.2, 0.25) is 0 Å². The van der Waals surface area contributed by atoms with E-state index in [0.29, 0.717) is 12.0 Å². The zero-order valence-corrected chi connectivity index (χ0v) is 26.1. The normalized spacial score (nSPS) is 38.4. The number of carboxylic acids is 1. The first-order valence-electron chi connectivity index (χ1n) is 15.9. The van der Waals surface area contributed by atoms with Crippen LogP contribution in [0, 0.1) is 46.7 Å². The van der Waals surface area contributed by atoms with Crippen LogP contribution in [-0.4, -0.2) is 26.3 Å². The van der Waals surface area contributed by atoms with Crippen molar-refractivity contribution >= 4 is 16.9 Å². The van der Waals surface area contributed by atoms with Crippen LogP contribution < -0.4 is 0 Å². The molecule has 4 aliphatic rings. The van der Waals surface area contributed by atoms with Crippen LogP contribution in [0.1, 0.15) is 101 Å². The van der Waals surface area contributed by atoms with Crippen molar-refractivity contribution in [2.75, 3.05) is 0 Å². The number of benzene rings is 2. The van der Waals surface area contributed by atoms with Crippen LogP contribution in [0.3, 0.4) is 0 Å². The van der Waals surface area contributed by atoms with E-state index in [2.05, 4.69) is 45.7 Å². The number of nitrogens with one attached hydrogen (secondary N) is 1. The fourth-order valence-corrected chi connectivity index (χ4v) is 11.0. The number of carbonyl (C=O) groups is 1. The molecule has 6 heteroatoms. The molecule has 3 saturated carbocycles. The minimum Gasteiger partial charge on any atom is -0.504 e. The Labute approximate surface area is 253 Å². The van der Waals surface area contributed by atoms with Crippen molar-refractivity contribution < 1.29 is 24.5 Å². The molecule has 1 aromatic heterocycles. The number of aliphatic carboxylic acids is 1. The van der Waals surface area contributed by atoms with Gasteiger partial charge in [0.25, 0.3) is 0 Å². The van der Waals surface area contributed by atoms with Crippen molar-refractivity contribution in [3.63, 3.8) is 0 Å². The van der Waals surface area contributed by atoms with E-state index in [4.69, 9.17) is 0 Å². The quantitative estimate of drug-likeness (QED) is 0.179.